The van der Waals surface area contributed by atoms with Crippen LogP contribution in [-0.2, 0) is 43.0 Å². The second-order valence-electron chi connectivity index (χ2n) is 11.0. The van der Waals surface area contributed by atoms with E-state index in [1.165, 1.54) is 0 Å². The van der Waals surface area contributed by atoms with Gasteiger partial charge in [-0.05, 0) is 0 Å². The van der Waals surface area contributed by atoms with Gasteiger partial charge in [0, 0.05) is 46.2 Å². The van der Waals surface area contributed by atoms with Gasteiger partial charge >= 0.3 is 0 Å². The Kier molecular flexibility index (Phi) is 21.2. The standard InChI is InChI=1S/C26H51N9O12/c1-26(14-45-8-5-30-20(36)11-17(27)23(39)33(2)42,15-46-9-6-31-21(37)12-18(28)24(40)34(3)43)16-47-10-7-32-22(38)13-19(29)25(41)35(4)44/h17-19,42-44H,5-16,27-29H2,1-4H3,(H,30,36)(H,31,37)(H,32,38). The smallest absolute Gasteiger partial charge is 0.263 e. The van der Waals surface area contributed by atoms with E-state index in [0.717, 1.165) is 21.1 Å². The highest BCUT2D eigenvalue weighted by Crippen LogP contribution is 2.18. The summed E-state index contributed by atoms with van der Waals surface area (Å²) in [7, 11) is 3.30. The lowest BCUT2D eigenvalue weighted by molar-refractivity contribution is -0.161. The number of nitrogens with one attached hydrogen (secondary N) is 3. The molecule has 0 aliphatic carbocycles. The first kappa shape index (κ1) is 43.5. The first-order valence-corrected chi connectivity index (χ1v) is 14.6. The van der Waals surface area contributed by atoms with E-state index in [-0.39, 0.29) is 78.5 Å². The van der Waals surface area contributed by atoms with Crippen molar-refractivity contribution in [3.05, 3.63) is 0 Å². The van der Waals surface area contributed by atoms with Crippen LogP contribution in [0, 0.1) is 5.41 Å². The molecule has 0 saturated carbocycles. The van der Waals surface area contributed by atoms with Crippen LogP contribution in [0.2, 0.25) is 0 Å². The molecule has 3 atom stereocenters. The van der Waals surface area contributed by atoms with Crippen LogP contribution in [0.5, 0.6) is 0 Å². The molecule has 47 heavy (non-hydrogen) atoms. The van der Waals surface area contributed by atoms with Crippen LogP contribution in [0.25, 0.3) is 0 Å². The summed E-state index contributed by atoms with van der Waals surface area (Å²) in [5.74, 6) is -3.99. The van der Waals surface area contributed by atoms with Gasteiger partial charge in [0.2, 0.25) is 17.7 Å². The molecule has 0 bridgehead atoms. The summed E-state index contributed by atoms with van der Waals surface area (Å²) >= 11 is 0. The number of hydrogen-bond acceptors (Lipinski definition) is 15. The Labute approximate surface area is 272 Å². The van der Waals surface area contributed by atoms with E-state index >= 15 is 0 Å². The van der Waals surface area contributed by atoms with Crippen molar-refractivity contribution in [2.75, 3.05) is 80.4 Å². The number of amides is 6. The number of carbonyl (C=O) groups excluding carboxylic acids is 6. The molecular formula is C26H51N9O12. The molecule has 0 aliphatic rings. The predicted octanol–water partition coefficient (Wildman–Crippen LogP) is -4.91. The number of nitrogens with two attached hydrogens (primary N) is 3. The largest absolute Gasteiger partial charge is 0.379 e. The normalized spacial score (nSPS) is 14.2. The molecule has 0 heterocycles. The van der Waals surface area contributed by atoms with Gasteiger partial charge in [-0.2, -0.15) is 0 Å². The zero-order chi connectivity index (χ0) is 36.2. The number of rotatable bonds is 24. The summed E-state index contributed by atoms with van der Waals surface area (Å²) < 4.78 is 17.1. The van der Waals surface area contributed by atoms with Gasteiger partial charge in [-0.25, -0.2) is 15.2 Å². The number of ether oxygens (including phenoxy) is 3. The number of nitrogens with zero attached hydrogens (tertiary/aromatic N) is 3. The summed E-state index contributed by atoms with van der Waals surface area (Å²) in [6.07, 6.45) is -1.01. The maximum Gasteiger partial charge on any atom is 0.263 e. The van der Waals surface area contributed by atoms with Crippen molar-refractivity contribution < 1.29 is 58.6 Å². The molecule has 0 fully saturated rings. The summed E-state index contributed by atoms with van der Waals surface area (Å²) in [6, 6.07) is -3.62. The van der Waals surface area contributed by atoms with Crippen LogP contribution in [-0.4, -0.2) is 165 Å². The Morgan fingerprint density at radius 2 is 0.809 bits per heavy atom. The molecule has 0 aromatic rings. The highest BCUT2D eigenvalue weighted by Gasteiger charge is 2.27. The van der Waals surface area contributed by atoms with E-state index in [4.69, 9.17) is 47.0 Å². The van der Waals surface area contributed by atoms with Crippen LogP contribution in [0.15, 0.2) is 0 Å². The van der Waals surface area contributed by atoms with Crippen molar-refractivity contribution in [2.24, 2.45) is 22.6 Å². The molecule has 6 amide bonds. The zero-order valence-corrected chi connectivity index (χ0v) is 27.3. The lowest BCUT2D eigenvalue weighted by Crippen LogP contribution is -2.44. The molecule has 12 N–H and O–H groups in total. The van der Waals surface area contributed by atoms with Gasteiger partial charge in [-0.3, -0.25) is 44.4 Å². The summed E-state index contributed by atoms with van der Waals surface area (Å²) in [5.41, 5.74) is 16.0. The van der Waals surface area contributed by atoms with Gasteiger partial charge < -0.3 is 47.4 Å². The van der Waals surface area contributed by atoms with Gasteiger partial charge in [0.15, 0.2) is 0 Å². The second-order valence-corrected chi connectivity index (χ2v) is 11.0. The monoisotopic (exact) mass is 681 g/mol. The average molecular weight is 682 g/mol. The molecule has 21 heteroatoms. The first-order chi connectivity index (χ1) is 21.9. The van der Waals surface area contributed by atoms with Crippen LogP contribution >= 0.6 is 0 Å². The summed E-state index contributed by atoms with van der Waals surface area (Å²) in [6.45, 7) is 2.64. The highest BCUT2D eigenvalue weighted by atomic mass is 16.5. The number of likely N-dealkylation sites (N-methyl/N-ethyl adjacent to an activating group) is 3. The van der Waals surface area contributed by atoms with Gasteiger partial charge in [-0.1, -0.05) is 6.92 Å². The molecule has 0 radical (unpaired) electrons. The zero-order valence-electron chi connectivity index (χ0n) is 27.3. The van der Waals surface area contributed by atoms with E-state index < -0.39 is 59.0 Å². The molecule has 0 aliphatic heterocycles. The SMILES string of the molecule is CN(O)C(=O)C(N)CC(=O)NCCOCC(C)(COCCNC(=O)CC(N)C(=O)N(C)O)COCCNC(=O)CC(N)C(=O)N(C)O. The fourth-order valence-electron chi connectivity index (χ4n) is 3.67. The van der Waals surface area contributed by atoms with Crippen LogP contribution in [0.4, 0.5) is 0 Å². The number of carbonyl (C=O) groups is 6. The Bertz CT molecular complexity index is 894. The van der Waals surface area contributed by atoms with Crippen LogP contribution in [0.1, 0.15) is 26.2 Å². The van der Waals surface area contributed by atoms with E-state index in [1.54, 1.807) is 6.92 Å². The average Bonchev–Trinajstić information content (AvgIpc) is 2.98. The number of hydroxylamine groups is 6. The van der Waals surface area contributed by atoms with Crippen molar-refractivity contribution in [1.82, 2.24) is 31.1 Å². The molecule has 0 aromatic carbocycles. The van der Waals surface area contributed by atoms with E-state index in [1.807, 2.05) is 0 Å². The quantitative estimate of drug-likeness (QED) is 0.0262. The minimum atomic E-state index is -1.21. The third-order valence-electron chi connectivity index (χ3n) is 6.18. The van der Waals surface area contributed by atoms with Crippen molar-refractivity contribution in [3.63, 3.8) is 0 Å². The maximum atomic E-state index is 12.0. The van der Waals surface area contributed by atoms with Crippen LogP contribution in [0.3, 0.4) is 0 Å². The van der Waals surface area contributed by atoms with Gasteiger partial charge in [0.05, 0.1) is 77.0 Å². The van der Waals surface area contributed by atoms with Crippen LogP contribution < -0.4 is 33.2 Å². The molecule has 272 valence electrons. The molecule has 3 unspecified atom stereocenters. The van der Waals surface area contributed by atoms with Crippen molar-refractivity contribution in [2.45, 2.75) is 44.3 Å². The van der Waals surface area contributed by atoms with E-state index in [2.05, 4.69) is 16.0 Å². The Morgan fingerprint density at radius 1 is 0.574 bits per heavy atom. The van der Waals surface area contributed by atoms with Crippen molar-refractivity contribution in [1.29, 1.82) is 0 Å². The Morgan fingerprint density at radius 3 is 1.02 bits per heavy atom. The molecule has 0 saturated heterocycles. The summed E-state index contributed by atoms with van der Waals surface area (Å²) in [5, 5.41) is 36.0. The van der Waals surface area contributed by atoms with Gasteiger partial charge in [-0.15, -0.1) is 0 Å². The fourth-order valence-corrected chi connectivity index (χ4v) is 3.67. The predicted molar refractivity (Wildman–Crippen MR) is 161 cm³/mol. The third kappa shape index (κ3) is 19.7. The molecule has 0 aromatic heterocycles. The Hall–Kier alpha value is -3.54. The lowest BCUT2D eigenvalue weighted by atomic mass is 9.94. The molecule has 0 spiro atoms. The maximum absolute atomic E-state index is 12.0. The summed E-state index contributed by atoms with van der Waals surface area (Å²) in [4.78, 5) is 70.8. The first-order valence-electron chi connectivity index (χ1n) is 14.6. The van der Waals surface area contributed by atoms with Gasteiger partial charge in [0.1, 0.15) is 0 Å². The minimum absolute atomic E-state index is 0.0839. The molecule has 21 nitrogen and oxygen atoms in total. The van der Waals surface area contributed by atoms with Gasteiger partial charge in [0.25, 0.3) is 17.7 Å². The third-order valence-corrected chi connectivity index (χ3v) is 6.18. The highest BCUT2D eigenvalue weighted by molar-refractivity contribution is 5.88. The molecule has 0 rings (SSSR count). The minimum Gasteiger partial charge on any atom is -0.379 e. The topological polar surface area (TPSA) is 315 Å². The Balaban J connectivity index is 4.80. The van der Waals surface area contributed by atoms with E-state index in [0.29, 0.717) is 15.2 Å². The second kappa shape index (κ2) is 22.9. The van der Waals surface area contributed by atoms with E-state index in [9.17, 15) is 28.8 Å². The fraction of sp³-hybridized carbons (Fsp3) is 0.769. The number of hydrogen-bond donors (Lipinski definition) is 9. The van der Waals surface area contributed by atoms with Crippen molar-refractivity contribution >= 4 is 35.4 Å². The van der Waals surface area contributed by atoms with Crippen molar-refractivity contribution in [3.8, 4) is 0 Å². The molecular weight excluding hydrogens is 630 g/mol. The lowest BCUT2D eigenvalue weighted by Gasteiger charge is -2.29.